The van der Waals surface area contributed by atoms with E-state index in [1.165, 1.54) is 0 Å². The van der Waals surface area contributed by atoms with E-state index in [0.29, 0.717) is 5.82 Å². The quantitative estimate of drug-likeness (QED) is 0.711. The van der Waals surface area contributed by atoms with Crippen molar-refractivity contribution >= 4 is 16.8 Å². The second-order valence-corrected chi connectivity index (χ2v) is 4.02. The summed E-state index contributed by atoms with van der Waals surface area (Å²) in [6.45, 7) is 0. The minimum atomic E-state index is -0.0510. The molecule has 4 nitrogen and oxygen atoms in total. The largest absolute Gasteiger partial charge is 0.335 e. The number of pyridine rings is 1. The van der Waals surface area contributed by atoms with Crippen LogP contribution in [-0.4, -0.2) is 20.7 Å². The Bertz CT molecular complexity index is 655. The van der Waals surface area contributed by atoms with Crippen LogP contribution in [0.5, 0.6) is 0 Å². The van der Waals surface area contributed by atoms with E-state index < -0.39 is 0 Å². The molecule has 0 spiro atoms. The predicted molar refractivity (Wildman–Crippen MR) is 68.4 cm³/mol. The Kier molecular flexibility index (Phi) is 2.61. The number of imidazole rings is 1. The molecular formula is C14H11N3O. The Morgan fingerprint density at radius 1 is 1.11 bits per heavy atom. The van der Waals surface area contributed by atoms with Crippen LogP contribution in [-0.2, 0) is 6.42 Å². The molecule has 0 unspecified atom stereocenters. The van der Waals surface area contributed by atoms with Crippen molar-refractivity contribution in [2.75, 3.05) is 0 Å². The summed E-state index contributed by atoms with van der Waals surface area (Å²) < 4.78 is 0. The van der Waals surface area contributed by atoms with Crippen molar-refractivity contribution in [3.8, 4) is 0 Å². The van der Waals surface area contributed by atoms with E-state index in [1.54, 1.807) is 6.20 Å². The summed E-state index contributed by atoms with van der Waals surface area (Å²) in [6.07, 6.45) is 1.95. The number of nitrogens with zero attached hydrogens (tertiary/aromatic N) is 2. The Balaban J connectivity index is 1.88. The van der Waals surface area contributed by atoms with E-state index in [2.05, 4.69) is 15.0 Å². The average Bonchev–Trinajstić information content (AvgIpc) is 2.84. The van der Waals surface area contributed by atoms with Gasteiger partial charge < -0.3 is 4.98 Å². The summed E-state index contributed by atoms with van der Waals surface area (Å²) in [6, 6.07) is 13.1. The molecular weight excluding hydrogens is 226 g/mol. The van der Waals surface area contributed by atoms with E-state index in [-0.39, 0.29) is 12.2 Å². The molecule has 0 atom stereocenters. The molecule has 1 N–H and O–H groups in total. The zero-order valence-electron chi connectivity index (χ0n) is 9.63. The number of nitrogens with one attached hydrogen (secondary N) is 1. The number of rotatable bonds is 3. The van der Waals surface area contributed by atoms with Crippen LogP contribution in [0, 0.1) is 0 Å². The van der Waals surface area contributed by atoms with Crippen LogP contribution in [0.3, 0.4) is 0 Å². The predicted octanol–water partition coefficient (Wildman–Crippen LogP) is 2.38. The van der Waals surface area contributed by atoms with E-state index in [1.807, 2.05) is 42.5 Å². The molecule has 88 valence electrons. The van der Waals surface area contributed by atoms with Crippen LogP contribution >= 0.6 is 0 Å². The number of aromatic amines is 1. The van der Waals surface area contributed by atoms with E-state index >= 15 is 0 Å². The Labute approximate surface area is 104 Å². The van der Waals surface area contributed by atoms with Crippen LogP contribution in [0.4, 0.5) is 0 Å². The molecule has 2 aromatic heterocycles. The summed E-state index contributed by atoms with van der Waals surface area (Å²) in [4.78, 5) is 23.5. The highest BCUT2D eigenvalue weighted by Crippen LogP contribution is 2.11. The molecule has 0 saturated heterocycles. The van der Waals surface area contributed by atoms with Gasteiger partial charge in [-0.25, -0.2) is 4.98 Å². The van der Waals surface area contributed by atoms with E-state index in [4.69, 9.17) is 0 Å². The number of carbonyl (C=O) groups is 1. The Morgan fingerprint density at radius 3 is 2.72 bits per heavy atom. The van der Waals surface area contributed by atoms with Crippen molar-refractivity contribution in [1.29, 1.82) is 0 Å². The molecule has 4 heteroatoms. The van der Waals surface area contributed by atoms with Gasteiger partial charge in [0.2, 0.25) is 5.78 Å². The highest BCUT2D eigenvalue weighted by Gasteiger charge is 2.12. The normalized spacial score (nSPS) is 10.7. The summed E-state index contributed by atoms with van der Waals surface area (Å²) in [7, 11) is 0. The van der Waals surface area contributed by atoms with Gasteiger partial charge in [0.15, 0.2) is 5.82 Å². The molecule has 0 radical (unpaired) electrons. The van der Waals surface area contributed by atoms with Gasteiger partial charge in [0, 0.05) is 11.9 Å². The molecule has 3 aromatic rings. The maximum atomic E-state index is 12.0. The second kappa shape index (κ2) is 4.41. The summed E-state index contributed by atoms with van der Waals surface area (Å²) in [5, 5.41) is 0. The van der Waals surface area contributed by atoms with Crippen LogP contribution < -0.4 is 0 Å². The van der Waals surface area contributed by atoms with Crippen LogP contribution in [0.2, 0.25) is 0 Å². The van der Waals surface area contributed by atoms with Crippen molar-refractivity contribution in [1.82, 2.24) is 15.0 Å². The summed E-state index contributed by atoms with van der Waals surface area (Å²) in [5.41, 5.74) is 2.44. The molecule has 0 bridgehead atoms. The zero-order chi connectivity index (χ0) is 12.4. The van der Waals surface area contributed by atoms with Crippen molar-refractivity contribution in [3.63, 3.8) is 0 Å². The lowest BCUT2D eigenvalue weighted by atomic mass is 10.2. The Hall–Kier alpha value is -2.49. The van der Waals surface area contributed by atoms with Gasteiger partial charge in [-0.2, -0.15) is 0 Å². The first-order chi connectivity index (χ1) is 8.83. The molecule has 0 fully saturated rings. The van der Waals surface area contributed by atoms with Gasteiger partial charge in [0.25, 0.3) is 0 Å². The number of carbonyl (C=O) groups excluding carboxylic acids is 1. The summed E-state index contributed by atoms with van der Waals surface area (Å²) in [5.74, 6) is 0.340. The van der Waals surface area contributed by atoms with Crippen LogP contribution in [0.25, 0.3) is 11.0 Å². The second-order valence-electron chi connectivity index (χ2n) is 4.02. The Morgan fingerprint density at radius 2 is 1.94 bits per heavy atom. The number of Topliss-reactive ketones (excluding diaryl/α,β-unsaturated/α-hetero) is 1. The van der Waals surface area contributed by atoms with Crippen molar-refractivity contribution in [3.05, 3.63) is 60.2 Å². The van der Waals surface area contributed by atoms with E-state index in [9.17, 15) is 4.79 Å². The molecule has 0 amide bonds. The molecule has 3 rings (SSSR count). The highest BCUT2D eigenvalue weighted by atomic mass is 16.1. The molecule has 1 aromatic carbocycles. The minimum absolute atomic E-state index is 0.0510. The molecule has 0 aliphatic rings. The molecule has 0 aliphatic carbocycles. The van der Waals surface area contributed by atoms with Crippen LogP contribution in [0.15, 0.2) is 48.7 Å². The number of fused-ring (bicyclic) bond motifs is 1. The van der Waals surface area contributed by atoms with Crippen molar-refractivity contribution < 1.29 is 4.79 Å². The number of hydrogen-bond acceptors (Lipinski definition) is 3. The van der Waals surface area contributed by atoms with Gasteiger partial charge in [0.05, 0.1) is 17.5 Å². The van der Waals surface area contributed by atoms with Crippen molar-refractivity contribution in [2.24, 2.45) is 0 Å². The molecule has 18 heavy (non-hydrogen) atoms. The van der Waals surface area contributed by atoms with Gasteiger partial charge in [-0.3, -0.25) is 9.78 Å². The fraction of sp³-hybridized carbons (Fsp3) is 0.0714. The monoisotopic (exact) mass is 237 g/mol. The molecule has 0 saturated carbocycles. The lowest BCUT2D eigenvalue weighted by molar-refractivity contribution is 0.0983. The minimum Gasteiger partial charge on any atom is -0.335 e. The lowest BCUT2D eigenvalue weighted by Gasteiger charge is -1.96. The molecule has 0 aliphatic heterocycles. The third-order valence-corrected chi connectivity index (χ3v) is 2.72. The third-order valence-electron chi connectivity index (χ3n) is 2.72. The molecule has 2 heterocycles. The van der Waals surface area contributed by atoms with Gasteiger partial charge in [0.1, 0.15) is 0 Å². The highest BCUT2D eigenvalue weighted by molar-refractivity contribution is 5.96. The first kappa shape index (κ1) is 10.7. The number of aromatic nitrogens is 3. The first-order valence-corrected chi connectivity index (χ1v) is 5.71. The van der Waals surface area contributed by atoms with Gasteiger partial charge >= 0.3 is 0 Å². The number of benzene rings is 1. The number of para-hydroxylation sites is 2. The third kappa shape index (κ3) is 2.00. The van der Waals surface area contributed by atoms with Crippen molar-refractivity contribution in [2.45, 2.75) is 6.42 Å². The zero-order valence-corrected chi connectivity index (χ0v) is 9.63. The fourth-order valence-electron chi connectivity index (χ4n) is 1.84. The average molecular weight is 237 g/mol. The number of hydrogen-bond donors (Lipinski definition) is 1. The maximum absolute atomic E-state index is 12.0. The van der Waals surface area contributed by atoms with E-state index in [0.717, 1.165) is 16.7 Å². The standard InChI is InChI=1S/C14H11N3O/c18-13(9-10-5-3-4-8-15-10)14-16-11-6-1-2-7-12(11)17-14/h1-8H,9H2,(H,16,17). The first-order valence-electron chi connectivity index (χ1n) is 5.71. The topological polar surface area (TPSA) is 58.6 Å². The SMILES string of the molecule is O=C(Cc1ccccn1)c1nc2ccccc2[nH]1. The van der Waals surface area contributed by atoms with Crippen LogP contribution in [0.1, 0.15) is 16.3 Å². The number of ketones is 1. The summed E-state index contributed by atoms with van der Waals surface area (Å²) >= 11 is 0. The smallest absolute Gasteiger partial charge is 0.204 e. The maximum Gasteiger partial charge on any atom is 0.204 e. The van der Waals surface area contributed by atoms with Gasteiger partial charge in [-0.1, -0.05) is 18.2 Å². The lowest BCUT2D eigenvalue weighted by Crippen LogP contribution is -2.06. The number of H-pyrrole nitrogens is 1. The fourth-order valence-corrected chi connectivity index (χ4v) is 1.84. The van der Waals surface area contributed by atoms with Gasteiger partial charge in [-0.15, -0.1) is 0 Å². The van der Waals surface area contributed by atoms with Gasteiger partial charge in [-0.05, 0) is 24.3 Å².